The summed E-state index contributed by atoms with van der Waals surface area (Å²) in [5.41, 5.74) is 0.696. The highest BCUT2D eigenvalue weighted by molar-refractivity contribution is 5.80. The average Bonchev–Trinajstić information content (AvgIpc) is 2.49. The highest BCUT2D eigenvalue weighted by Gasteiger charge is 2.21. The molecule has 1 saturated carbocycles. The zero-order valence-corrected chi connectivity index (χ0v) is 12.4. The molecule has 0 unspecified atom stereocenters. The molecule has 1 aromatic carbocycles. The van der Waals surface area contributed by atoms with Crippen LogP contribution >= 0.6 is 0 Å². The maximum absolute atomic E-state index is 12.9. The summed E-state index contributed by atoms with van der Waals surface area (Å²) in [6, 6.07) is 5.45. The minimum atomic E-state index is -1.07. The van der Waals surface area contributed by atoms with Crippen molar-refractivity contribution in [3.8, 4) is 0 Å². The monoisotopic (exact) mass is 308 g/mol. The van der Waals surface area contributed by atoms with Crippen LogP contribution in [0.4, 0.5) is 9.18 Å². The van der Waals surface area contributed by atoms with Gasteiger partial charge in [0, 0.05) is 12.6 Å². The van der Waals surface area contributed by atoms with Crippen LogP contribution in [0.3, 0.4) is 0 Å². The van der Waals surface area contributed by atoms with E-state index in [1.807, 2.05) is 0 Å². The van der Waals surface area contributed by atoms with Gasteiger partial charge in [-0.1, -0.05) is 31.4 Å². The molecule has 1 fully saturated rings. The maximum atomic E-state index is 12.9. The normalized spacial score (nSPS) is 15.3. The molecule has 0 spiro atoms. The Bertz CT molecular complexity index is 513. The zero-order valence-electron chi connectivity index (χ0n) is 12.4. The lowest BCUT2D eigenvalue weighted by Crippen LogP contribution is -2.46. The summed E-state index contributed by atoms with van der Waals surface area (Å²) in [5, 5.41) is 11.9. The first-order valence-corrected chi connectivity index (χ1v) is 7.56. The topological polar surface area (TPSA) is 69.6 Å². The largest absolute Gasteiger partial charge is 0.480 e. The van der Waals surface area contributed by atoms with Gasteiger partial charge < -0.3 is 15.3 Å². The van der Waals surface area contributed by atoms with E-state index in [9.17, 15) is 14.0 Å². The minimum Gasteiger partial charge on any atom is -0.480 e. The first-order valence-electron chi connectivity index (χ1n) is 7.56. The van der Waals surface area contributed by atoms with E-state index in [1.54, 1.807) is 12.1 Å². The van der Waals surface area contributed by atoms with Crippen LogP contribution in [0.15, 0.2) is 24.3 Å². The fourth-order valence-corrected chi connectivity index (χ4v) is 2.69. The molecular formula is C16H21FN2O3. The molecule has 0 aromatic heterocycles. The van der Waals surface area contributed by atoms with Gasteiger partial charge in [-0.2, -0.15) is 0 Å². The first-order chi connectivity index (χ1) is 10.5. The van der Waals surface area contributed by atoms with Gasteiger partial charge in [0.15, 0.2) is 0 Å². The van der Waals surface area contributed by atoms with Crippen molar-refractivity contribution in [3.05, 3.63) is 35.6 Å². The van der Waals surface area contributed by atoms with Gasteiger partial charge in [-0.05, 0) is 30.5 Å². The fourth-order valence-electron chi connectivity index (χ4n) is 2.69. The third-order valence-electron chi connectivity index (χ3n) is 3.83. The van der Waals surface area contributed by atoms with E-state index < -0.39 is 5.97 Å². The van der Waals surface area contributed by atoms with E-state index >= 15 is 0 Å². The number of carboxylic acid groups (broad SMARTS) is 1. The molecule has 6 heteroatoms. The number of benzene rings is 1. The van der Waals surface area contributed by atoms with Crippen molar-refractivity contribution in [2.75, 3.05) is 6.54 Å². The van der Waals surface area contributed by atoms with Crippen LogP contribution < -0.4 is 5.32 Å². The van der Waals surface area contributed by atoms with Crippen molar-refractivity contribution in [3.63, 3.8) is 0 Å². The Morgan fingerprint density at radius 3 is 2.41 bits per heavy atom. The lowest BCUT2D eigenvalue weighted by atomic mass is 9.96. The first kappa shape index (κ1) is 16.3. The molecule has 22 heavy (non-hydrogen) atoms. The molecule has 0 saturated heterocycles. The number of carbonyl (C=O) groups is 2. The average molecular weight is 308 g/mol. The molecule has 5 nitrogen and oxygen atoms in total. The standard InChI is InChI=1S/C16H21FN2O3/c17-13-8-6-12(7-9-13)10-19(11-15(20)21)16(22)18-14-4-2-1-3-5-14/h6-9,14H,1-5,10-11H2,(H,18,22)(H,20,21). The number of amides is 2. The molecule has 2 amide bonds. The summed E-state index contributed by atoms with van der Waals surface area (Å²) in [7, 11) is 0. The van der Waals surface area contributed by atoms with Crippen molar-refractivity contribution in [2.45, 2.75) is 44.7 Å². The van der Waals surface area contributed by atoms with Gasteiger partial charge in [-0.3, -0.25) is 4.79 Å². The summed E-state index contributed by atoms with van der Waals surface area (Å²) in [6.07, 6.45) is 5.22. The van der Waals surface area contributed by atoms with Crippen LogP contribution in [0.25, 0.3) is 0 Å². The molecule has 2 N–H and O–H groups in total. The zero-order chi connectivity index (χ0) is 15.9. The van der Waals surface area contributed by atoms with Gasteiger partial charge in [0.05, 0.1) is 0 Å². The molecule has 120 valence electrons. The second-order valence-electron chi connectivity index (χ2n) is 5.66. The third-order valence-corrected chi connectivity index (χ3v) is 3.83. The highest BCUT2D eigenvalue weighted by Crippen LogP contribution is 2.18. The predicted molar refractivity (Wildman–Crippen MR) is 79.9 cm³/mol. The van der Waals surface area contributed by atoms with E-state index in [0.717, 1.165) is 25.7 Å². The Balaban J connectivity index is 1.99. The number of aliphatic carboxylic acids is 1. The number of halogens is 1. The lowest BCUT2D eigenvalue weighted by Gasteiger charge is -2.27. The maximum Gasteiger partial charge on any atom is 0.323 e. The van der Waals surface area contributed by atoms with Gasteiger partial charge in [0.25, 0.3) is 0 Å². The molecule has 0 heterocycles. The minimum absolute atomic E-state index is 0.116. The number of rotatable bonds is 5. The van der Waals surface area contributed by atoms with Gasteiger partial charge in [0.2, 0.25) is 0 Å². The van der Waals surface area contributed by atoms with Crippen molar-refractivity contribution in [2.24, 2.45) is 0 Å². The van der Waals surface area contributed by atoms with Crippen LogP contribution in [0.1, 0.15) is 37.7 Å². The number of nitrogens with zero attached hydrogens (tertiary/aromatic N) is 1. The molecule has 0 bridgehead atoms. The molecule has 0 atom stereocenters. The van der Waals surface area contributed by atoms with Crippen molar-refractivity contribution < 1.29 is 19.1 Å². The van der Waals surface area contributed by atoms with Crippen LogP contribution in [0.5, 0.6) is 0 Å². The molecule has 1 aromatic rings. The smallest absolute Gasteiger partial charge is 0.323 e. The van der Waals surface area contributed by atoms with Crippen LogP contribution in [-0.2, 0) is 11.3 Å². The van der Waals surface area contributed by atoms with E-state index in [2.05, 4.69) is 5.32 Å². The summed E-state index contributed by atoms with van der Waals surface area (Å²) >= 11 is 0. The Kier molecular flexibility index (Phi) is 5.75. The number of hydrogen-bond acceptors (Lipinski definition) is 2. The summed E-state index contributed by atoms with van der Waals surface area (Å²) in [6.45, 7) is -0.235. The number of carboxylic acids is 1. The molecule has 0 radical (unpaired) electrons. The number of hydrogen-bond donors (Lipinski definition) is 2. The van der Waals surface area contributed by atoms with Gasteiger partial charge in [0.1, 0.15) is 12.4 Å². The molecule has 1 aliphatic rings. The Hall–Kier alpha value is -2.11. The SMILES string of the molecule is O=C(O)CN(Cc1ccc(F)cc1)C(=O)NC1CCCCC1. The van der Waals surface area contributed by atoms with Gasteiger partial charge in [-0.15, -0.1) is 0 Å². The highest BCUT2D eigenvalue weighted by atomic mass is 19.1. The second kappa shape index (κ2) is 7.77. The van der Waals surface area contributed by atoms with E-state index in [0.29, 0.717) is 5.56 Å². The van der Waals surface area contributed by atoms with Gasteiger partial charge in [-0.25, -0.2) is 9.18 Å². The molecule has 1 aliphatic carbocycles. The lowest BCUT2D eigenvalue weighted by molar-refractivity contribution is -0.137. The van der Waals surface area contributed by atoms with E-state index in [4.69, 9.17) is 5.11 Å². The predicted octanol–water partition coefficient (Wildman–Crippen LogP) is 2.75. The third kappa shape index (κ3) is 5.02. The van der Waals surface area contributed by atoms with E-state index in [1.165, 1.54) is 23.5 Å². The van der Waals surface area contributed by atoms with Crippen LogP contribution in [0, 0.1) is 5.82 Å². The van der Waals surface area contributed by atoms with Crippen molar-refractivity contribution >= 4 is 12.0 Å². The summed E-state index contributed by atoms with van der Waals surface area (Å²) in [4.78, 5) is 24.5. The Labute approximate surface area is 129 Å². The van der Waals surface area contributed by atoms with Crippen LogP contribution in [-0.4, -0.2) is 34.6 Å². The number of urea groups is 1. The van der Waals surface area contributed by atoms with E-state index in [-0.39, 0.29) is 31.0 Å². The summed E-state index contributed by atoms with van der Waals surface area (Å²) < 4.78 is 12.9. The fraction of sp³-hybridized carbons (Fsp3) is 0.500. The van der Waals surface area contributed by atoms with Crippen LogP contribution in [0.2, 0.25) is 0 Å². The quantitative estimate of drug-likeness (QED) is 0.878. The Morgan fingerprint density at radius 2 is 1.82 bits per heavy atom. The molecular weight excluding hydrogens is 287 g/mol. The number of nitrogens with one attached hydrogen (secondary N) is 1. The number of carbonyl (C=O) groups excluding carboxylic acids is 1. The second-order valence-corrected chi connectivity index (χ2v) is 5.66. The summed E-state index contributed by atoms with van der Waals surface area (Å²) in [5.74, 6) is -1.43. The van der Waals surface area contributed by atoms with Gasteiger partial charge >= 0.3 is 12.0 Å². The van der Waals surface area contributed by atoms with Crippen molar-refractivity contribution in [1.29, 1.82) is 0 Å². The molecule has 0 aliphatic heterocycles. The Morgan fingerprint density at radius 1 is 1.18 bits per heavy atom. The van der Waals surface area contributed by atoms with Crippen molar-refractivity contribution in [1.82, 2.24) is 10.2 Å². The molecule has 2 rings (SSSR count).